The van der Waals surface area contributed by atoms with Crippen LogP contribution in [0.2, 0.25) is 0 Å². The average Bonchev–Trinajstić information content (AvgIpc) is 2.99. The van der Waals surface area contributed by atoms with E-state index in [9.17, 15) is 4.79 Å². The summed E-state index contributed by atoms with van der Waals surface area (Å²) in [4.78, 5) is 25.4. The maximum Gasteiger partial charge on any atom is 0.224 e. The number of rotatable bonds is 5. The van der Waals surface area contributed by atoms with Crippen LogP contribution in [0.4, 0.5) is 5.82 Å². The smallest absolute Gasteiger partial charge is 0.224 e. The van der Waals surface area contributed by atoms with Gasteiger partial charge in [-0.1, -0.05) is 13.0 Å². The third kappa shape index (κ3) is 4.20. The molecule has 1 aliphatic heterocycles. The highest BCUT2D eigenvalue weighted by molar-refractivity contribution is 5.76. The zero-order valence-electron chi connectivity index (χ0n) is 15.1. The molecule has 1 fully saturated rings. The number of pyridine rings is 1. The molecule has 26 heavy (non-hydrogen) atoms. The molecule has 0 N–H and O–H groups in total. The summed E-state index contributed by atoms with van der Waals surface area (Å²) < 4.78 is 2.05. The molecule has 0 aromatic carbocycles. The van der Waals surface area contributed by atoms with Crippen molar-refractivity contribution in [2.45, 2.75) is 32.7 Å². The summed E-state index contributed by atoms with van der Waals surface area (Å²) in [5, 5.41) is 9.02. The van der Waals surface area contributed by atoms with Gasteiger partial charge in [-0.25, -0.2) is 9.97 Å². The van der Waals surface area contributed by atoms with Crippen molar-refractivity contribution in [3.8, 4) is 6.07 Å². The van der Waals surface area contributed by atoms with Crippen molar-refractivity contribution in [2.75, 3.05) is 31.1 Å². The Morgan fingerprint density at radius 3 is 2.96 bits per heavy atom. The zero-order valence-corrected chi connectivity index (χ0v) is 15.1. The molecule has 0 aliphatic carbocycles. The summed E-state index contributed by atoms with van der Waals surface area (Å²) in [5.41, 5.74) is 0.423. The summed E-state index contributed by atoms with van der Waals surface area (Å²) in [6.07, 6.45) is 5.98. The van der Waals surface area contributed by atoms with Gasteiger partial charge in [0.25, 0.3) is 0 Å². The van der Waals surface area contributed by atoms with Crippen LogP contribution < -0.4 is 4.90 Å². The van der Waals surface area contributed by atoms with E-state index < -0.39 is 0 Å². The maximum atomic E-state index is 12.6. The van der Waals surface area contributed by atoms with Crippen LogP contribution >= 0.6 is 0 Å². The van der Waals surface area contributed by atoms with Crippen molar-refractivity contribution < 1.29 is 4.79 Å². The average molecular weight is 352 g/mol. The first kappa shape index (κ1) is 17.9. The molecule has 1 aliphatic rings. The van der Waals surface area contributed by atoms with Gasteiger partial charge in [0.15, 0.2) is 0 Å². The zero-order chi connectivity index (χ0) is 18.4. The lowest BCUT2D eigenvalue weighted by atomic mass is 10.3. The van der Waals surface area contributed by atoms with Gasteiger partial charge < -0.3 is 14.4 Å². The lowest BCUT2D eigenvalue weighted by Crippen LogP contribution is -2.35. The lowest BCUT2D eigenvalue weighted by molar-refractivity contribution is -0.131. The minimum Gasteiger partial charge on any atom is -0.355 e. The third-order valence-corrected chi connectivity index (χ3v) is 4.71. The predicted octanol–water partition coefficient (Wildman–Crippen LogP) is 1.84. The van der Waals surface area contributed by atoms with Crippen LogP contribution in [-0.4, -0.2) is 51.5 Å². The van der Waals surface area contributed by atoms with Crippen LogP contribution in [0.25, 0.3) is 0 Å². The van der Waals surface area contributed by atoms with Crippen LogP contribution in [-0.2, 0) is 17.8 Å². The van der Waals surface area contributed by atoms with E-state index >= 15 is 0 Å². The minimum absolute atomic E-state index is 0.182. The van der Waals surface area contributed by atoms with E-state index in [1.54, 1.807) is 12.3 Å². The first-order valence-electron chi connectivity index (χ1n) is 9.11. The molecule has 0 unspecified atom stereocenters. The fourth-order valence-electron chi connectivity index (χ4n) is 3.29. The van der Waals surface area contributed by atoms with Crippen LogP contribution in [0.3, 0.4) is 0 Å². The monoisotopic (exact) mass is 352 g/mol. The van der Waals surface area contributed by atoms with Crippen molar-refractivity contribution in [3.63, 3.8) is 0 Å². The number of nitriles is 1. The maximum absolute atomic E-state index is 12.6. The van der Waals surface area contributed by atoms with Crippen LogP contribution in [0.5, 0.6) is 0 Å². The number of nitrogens with zero attached hydrogens (tertiary/aromatic N) is 6. The Morgan fingerprint density at radius 1 is 1.27 bits per heavy atom. The van der Waals surface area contributed by atoms with Gasteiger partial charge in [-0.05, 0) is 18.6 Å². The van der Waals surface area contributed by atoms with Crippen LogP contribution in [0, 0.1) is 11.3 Å². The molecule has 0 bridgehead atoms. The molecular formula is C19H24N6O. The normalized spacial score (nSPS) is 14.8. The fourth-order valence-corrected chi connectivity index (χ4v) is 3.29. The van der Waals surface area contributed by atoms with Gasteiger partial charge >= 0.3 is 0 Å². The minimum atomic E-state index is 0.182. The molecule has 0 saturated carbocycles. The van der Waals surface area contributed by atoms with Crippen molar-refractivity contribution >= 4 is 11.7 Å². The van der Waals surface area contributed by atoms with Crippen molar-refractivity contribution in [1.29, 1.82) is 5.26 Å². The predicted molar refractivity (Wildman–Crippen MR) is 98.6 cm³/mol. The van der Waals surface area contributed by atoms with E-state index in [1.165, 1.54) is 0 Å². The molecule has 0 radical (unpaired) electrons. The standard InChI is InChI=1S/C19H24N6O/c1-2-17-21-8-12-24(17)11-7-19(26)25-10-4-9-23(13-14-25)18-6-3-5-16(15-20)22-18/h3,5-6,8,12H,2,4,7,9-11,13-14H2,1H3. The Morgan fingerprint density at radius 2 is 2.15 bits per heavy atom. The number of hydrogen-bond acceptors (Lipinski definition) is 5. The van der Waals surface area contributed by atoms with Crippen molar-refractivity contribution in [3.05, 3.63) is 42.1 Å². The second-order valence-corrected chi connectivity index (χ2v) is 6.35. The number of anilines is 1. The molecule has 2 aromatic rings. The molecule has 3 rings (SSSR count). The number of amides is 1. The second kappa shape index (κ2) is 8.48. The second-order valence-electron chi connectivity index (χ2n) is 6.35. The van der Waals surface area contributed by atoms with E-state index in [-0.39, 0.29) is 5.91 Å². The summed E-state index contributed by atoms with van der Waals surface area (Å²) in [7, 11) is 0. The number of hydrogen-bond donors (Lipinski definition) is 0. The summed E-state index contributed by atoms with van der Waals surface area (Å²) in [6.45, 7) is 5.76. The van der Waals surface area contributed by atoms with E-state index in [4.69, 9.17) is 5.26 Å². The number of aromatic nitrogens is 3. The van der Waals surface area contributed by atoms with Crippen LogP contribution in [0.1, 0.15) is 31.3 Å². The highest BCUT2D eigenvalue weighted by atomic mass is 16.2. The van der Waals surface area contributed by atoms with E-state index in [1.807, 2.05) is 23.2 Å². The molecule has 136 valence electrons. The largest absolute Gasteiger partial charge is 0.355 e. The summed E-state index contributed by atoms with van der Waals surface area (Å²) in [5.74, 6) is 2.01. The first-order chi connectivity index (χ1) is 12.7. The number of carbonyl (C=O) groups is 1. The Balaban J connectivity index is 1.56. The first-order valence-corrected chi connectivity index (χ1v) is 9.11. The third-order valence-electron chi connectivity index (χ3n) is 4.71. The SMILES string of the molecule is CCc1nccn1CCC(=O)N1CCCN(c2cccc(C#N)n2)CC1. The molecule has 0 spiro atoms. The van der Waals surface area contributed by atoms with Gasteiger partial charge in [-0.15, -0.1) is 0 Å². The van der Waals surface area contributed by atoms with Gasteiger partial charge in [-0.3, -0.25) is 4.79 Å². The Hall–Kier alpha value is -2.88. The highest BCUT2D eigenvalue weighted by Gasteiger charge is 2.20. The van der Waals surface area contributed by atoms with E-state index in [2.05, 4.69) is 32.4 Å². The molecule has 2 aromatic heterocycles. The molecular weight excluding hydrogens is 328 g/mol. The van der Waals surface area contributed by atoms with Gasteiger partial charge in [0, 0.05) is 58.0 Å². The van der Waals surface area contributed by atoms with Gasteiger partial charge in [0.05, 0.1) is 0 Å². The highest BCUT2D eigenvalue weighted by Crippen LogP contribution is 2.15. The van der Waals surface area contributed by atoms with Gasteiger partial charge in [0.1, 0.15) is 23.4 Å². The molecule has 7 nitrogen and oxygen atoms in total. The van der Waals surface area contributed by atoms with Gasteiger partial charge in [0.2, 0.25) is 5.91 Å². The topological polar surface area (TPSA) is 78.0 Å². The molecule has 0 atom stereocenters. The Labute approximate surface area is 153 Å². The van der Waals surface area contributed by atoms with E-state index in [0.29, 0.717) is 25.2 Å². The summed E-state index contributed by atoms with van der Waals surface area (Å²) in [6, 6.07) is 7.56. The quantitative estimate of drug-likeness (QED) is 0.820. The number of imidazole rings is 1. The molecule has 1 saturated heterocycles. The number of carbonyl (C=O) groups excluding carboxylic acids is 1. The Kier molecular flexibility index (Phi) is 5.84. The molecule has 1 amide bonds. The molecule has 3 heterocycles. The van der Waals surface area contributed by atoms with Crippen molar-refractivity contribution in [2.24, 2.45) is 0 Å². The van der Waals surface area contributed by atoms with Crippen LogP contribution in [0.15, 0.2) is 30.6 Å². The fraction of sp³-hybridized carbons (Fsp3) is 0.474. The Bertz CT molecular complexity index is 793. The lowest BCUT2D eigenvalue weighted by Gasteiger charge is -2.23. The number of aryl methyl sites for hydroxylation is 2. The summed E-state index contributed by atoms with van der Waals surface area (Å²) >= 11 is 0. The van der Waals surface area contributed by atoms with Gasteiger partial charge in [-0.2, -0.15) is 5.26 Å². The molecule has 7 heteroatoms. The van der Waals surface area contributed by atoms with E-state index in [0.717, 1.165) is 44.1 Å². The van der Waals surface area contributed by atoms with Crippen molar-refractivity contribution in [1.82, 2.24) is 19.4 Å².